The predicted molar refractivity (Wildman–Crippen MR) is 78.2 cm³/mol. The molecule has 7 heteroatoms. The van der Waals surface area contributed by atoms with Crippen molar-refractivity contribution in [2.45, 2.75) is 13.0 Å². The Hall–Kier alpha value is -1.04. The van der Waals surface area contributed by atoms with Crippen LogP contribution in [0.1, 0.15) is 6.92 Å². The molecule has 0 aromatic heterocycles. The second-order valence-electron chi connectivity index (χ2n) is 4.50. The van der Waals surface area contributed by atoms with E-state index in [4.69, 9.17) is 16.3 Å². The van der Waals surface area contributed by atoms with E-state index in [0.717, 1.165) is 19.2 Å². The third-order valence-electron chi connectivity index (χ3n) is 3.07. The van der Waals surface area contributed by atoms with Crippen LogP contribution in [-0.2, 0) is 4.79 Å². The van der Waals surface area contributed by atoms with Crippen LogP contribution in [0.25, 0.3) is 0 Å². The van der Waals surface area contributed by atoms with E-state index in [1.807, 2.05) is 6.92 Å². The molecule has 0 saturated carbocycles. The molecule has 1 aromatic rings. The summed E-state index contributed by atoms with van der Waals surface area (Å²) in [6.07, 6.45) is 0. The van der Waals surface area contributed by atoms with Crippen LogP contribution in [0.4, 0.5) is 4.39 Å². The highest BCUT2D eigenvalue weighted by molar-refractivity contribution is 6.32. The number of carbonyl (C=O) groups is 1. The second kappa shape index (κ2) is 7.67. The fraction of sp³-hybridized carbons (Fsp3) is 0.462. The van der Waals surface area contributed by atoms with E-state index < -0.39 is 5.82 Å². The van der Waals surface area contributed by atoms with Gasteiger partial charge in [-0.25, -0.2) is 4.39 Å². The van der Waals surface area contributed by atoms with E-state index in [0.29, 0.717) is 12.3 Å². The van der Waals surface area contributed by atoms with Crippen molar-refractivity contribution < 1.29 is 13.9 Å². The zero-order chi connectivity index (χ0) is 13.8. The lowest BCUT2D eigenvalue weighted by atomic mass is 10.2. The molecule has 1 N–H and O–H groups in total. The highest BCUT2D eigenvalue weighted by Crippen LogP contribution is 2.24. The largest absolute Gasteiger partial charge is 0.482 e. The number of carbonyl (C=O) groups excluding carboxylic acids is 1. The zero-order valence-corrected chi connectivity index (χ0v) is 12.6. The van der Waals surface area contributed by atoms with Crippen molar-refractivity contribution in [2.75, 3.05) is 26.2 Å². The molecule has 20 heavy (non-hydrogen) atoms. The topological polar surface area (TPSA) is 41.6 Å². The summed E-state index contributed by atoms with van der Waals surface area (Å²) in [5.41, 5.74) is 0. The Kier molecular flexibility index (Phi) is 6.52. The van der Waals surface area contributed by atoms with E-state index in [2.05, 4.69) is 5.32 Å². The summed E-state index contributed by atoms with van der Waals surface area (Å²) in [4.78, 5) is 13.8. The summed E-state index contributed by atoms with van der Waals surface area (Å²) in [6.45, 7) is 4.13. The van der Waals surface area contributed by atoms with E-state index in [1.54, 1.807) is 4.90 Å². The Labute approximate surface area is 128 Å². The van der Waals surface area contributed by atoms with Gasteiger partial charge in [-0.05, 0) is 25.1 Å². The van der Waals surface area contributed by atoms with Crippen molar-refractivity contribution in [2.24, 2.45) is 0 Å². The quantitative estimate of drug-likeness (QED) is 0.926. The summed E-state index contributed by atoms with van der Waals surface area (Å²) in [7, 11) is 0. The predicted octanol–water partition coefficient (Wildman–Crippen LogP) is 2.10. The molecular formula is C13H17Cl2FN2O2. The number of rotatable bonds is 3. The van der Waals surface area contributed by atoms with Crippen molar-refractivity contribution in [1.82, 2.24) is 10.2 Å². The number of hydrogen-bond donors (Lipinski definition) is 1. The van der Waals surface area contributed by atoms with Crippen molar-refractivity contribution in [1.29, 1.82) is 0 Å². The average molecular weight is 323 g/mol. The minimum absolute atomic E-state index is 0. The van der Waals surface area contributed by atoms with Crippen molar-refractivity contribution in [3.63, 3.8) is 0 Å². The first-order valence-corrected chi connectivity index (χ1v) is 6.54. The lowest BCUT2D eigenvalue weighted by molar-refractivity contribution is -0.136. The number of amides is 1. The number of nitrogens with one attached hydrogen (secondary N) is 1. The third kappa shape index (κ3) is 4.23. The standard InChI is InChI=1S/C13H16ClFN2O2.ClH/c1-9-7-16-4-5-17(9)13(18)8-19-12-3-2-10(15)6-11(12)14;/h2-3,6,9,16H,4-5,7-8H2,1H3;1H/t9-;/m0./s1. The van der Waals surface area contributed by atoms with Crippen LogP contribution in [0, 0.1) is 5.82 Å². The van der Waals surface area contributed by atoms with Gasteiger partial charge in [0.1, 0.15) is 11.6 Å². The van der Waals surface area contributed by atoms with Gasteiger partial charge in [0.25, 0.3) is 5.91 Å². The van der Waals surface area contributed by atoms with E-state index in [9.17, 15) is 9.18 Å². The minimum atomic E-state index is -0.431. The molecule has 4 nitrogen and oxygen atoms in total. The Morgan fingerprint density at radius 1 is 1.60 bits per heavy atom. The van der Waals surface area contributed by atoms with Gasteiger partial charge in [-0.15, -0.1) is 12.4 Å². The maximum absolute atomic E-state index is 12.9. The number of halogens is 3. The SMILES string of the molecule is C[C@H]1CNCCN1C(=O)COc1ccc(F)cc1Cl.Cl. The van der Waals surface area contributed by atoms with Crippen molar-refractivity contribution in [3.05, 3.63) is 29.0 Å². The summed E-state index contributed by atoms with van der Waals surface area (Å²) in [6, 6.07) is 3.98. The maximum atomic E-state index is 12.9. The maximum Gasteiger partial charge on any atom is 0.260 e. The van der Waals surface area contributed by atoms with Crippen LogP contribution in [0.5, 0.6) is 5.75 Å². The molecule has 1 aliphatic rings. The zero-order valence-electron chi connectivity index (χ0n) is 11.1. The Bertz CT molecular complexity index is 474. The van der Waals surface area contributed by atoms with Crippen LogP contribution in [0.3, 0.4) is 0 Å². The molecule has 1 saturated heterocycles. The monoisotopic (exact) mass is 322 g/mol. The van der Waals surface area contributed by atoms with Crippen LogP contribution >= 0.6 is 24.0 Å². The van der Waals surface area contributed by atoms with Gasteiger partial charge >= 0.3 is 0 Å². The molecule has 0 spiro atoms. The first kappa shape index (κ1) is 17.0. The third-order valence-corrected chi connectivity index (χ3v) is 3.36. The Morgan fingerprint density at radius 2 is 2.35 bits per heavy atom. The smallest absolute Gasteiger partial charge is 0.260 e. The molecule has 0 radical (unpaired) electrons. The molecule has 0 bridgehead atoms. The average Bonchev–Trinajstić information content (AvgIpc) is 2.38. The van der Waals surface area contributed by atoms with Crippen LogP contribution in [-0.4, -0.2) is 43.1 Å². The lowest BCUT2D eigenvalue weighted by Crippen LogP contribution is -2.53. The van der Waals surface area contributed by atoms with E-state index >= 15 is 0 Å². The Balaban J connectivity index is 0.00000200. The number of nitrogens with zero attached hydrogens (tertiary/aromatic N) is 1. The molecule has 0 aliphatic carbocycles. The lowest BCUT2D eigenvalue weighted by Gasteiger charge is -2.33. The molecule has 1 fully saturated rings. The number of benzene rings is 1. The molecule has 112 valence electrons. The molecule has 2 rings (SSSR count). The molecule has 1 atom stereocenters. The normalized spacial score (nSPS) is 18.4. The van der Waals surface area contributed by atoms with Crippen LogP contribution in [0.2, 0.25) is 5.02 Å². The first-order valence-electron chi connectivity index (χ1n) is 6.16. The molecular weight excluding hydrogens is 306 g/mol. The van der Waals surface area contributed by atoms with Gasteiger partial charge in [-0.1, -0.05) is 11.6 Å². The van der Waals surface area contributed by atoms with Gasteiger partial charge in [-0.2, -0.15) is 0 Å². The first-order chi connectivity index (χ1) is 9.08. The van der Waals surface area contributed by atoms with Gasteiger partial charge in [0.2, 0.25) is 0 Å². The van der Waals surface area contributed by atoms with Crippen LogP contribution < -0.4 is 10.1 Å². The van der Waals surface area contributed by atoms with E-state index in [1.165, 1.54) is 12.1 Å². The number of ether oxygens (including phenoxy) is 1. The van der Waals surface area contributed by atoms with Gasteiger partial charge in [0.15, 0.2) is 6.61 Å². The molecule has 1 aliphatic heterocycles. The van der Waals surface area contributed by atoms with Crippen molar-refractivity contribution in [3.8, 4) is 5.75 Å². The van der Waals surface area contributed by atoms with Gasteiger partial charge in [0.05, 0.1) is 5.02 Å². The Morgan fingerprint density at radius 3 is 3.00 bits per heavy atom. The highest BCUT2D eigenvalue weighted by atomic mass is 35.5. The van der Waals surface area contributed by atoms with Gasteiger partial charge in [-0.3, -0.25) is 4.79 Å². The van der Waals surface area contributed by atoms with Gasteiger partial charge in [0, 0.05) is 25.7 Å². The second-order valence-corrected chi connectivity index (χ2v) is 4.91. The molecule has 1 aromatic carbocycles. The molecule has 1 amide bonds. The van der Waals surface area contributed by atoms with Crippen LogP contribution in [0.15, 0.2) is 18.2 Å². The fourth-order valence-corrected chi connectivity index (χ4v) is 2.25. The highest BCUT2D eigenvalue weighted by Gasteiger charge is 2.23. The molecule has 1 heterocycles. The van der Waals surface area contributed by atoms with E-state index in [-0.39, 0.29) is 36.0 Å². The summed E-state index contributed by atoms with van der Waals surface area (Å²) in [5.74, 6) is -0.201. The van der Waals surface area contributed by atoms with Crippen molar-refractivity contribution >= 4 is 29.9 Å². The summed E-state index contributed by atoms with van der Waals surface area (Å²) < 4.78 is 18.2. The molecule has 0 unspecified atom stereocenters. The number of hydrogen-bond acceptors (Lipinski definition) is 3. The van der Waals surface area contributed by atoms with Gasteiger partial charge < -0.3 is 15.0 Å². The summed E-state index contributed by atoms with van der Waals surface area (Å²) in [5, 5.41) is 3.38. The fourth-order valence-electron chi connectivity index (χ4n) is 2.03. The number of piperazine rings is 1. The minimum Gasteiger partial charge on any atom is -0.482 e. The summed E-state index contributed by atoms with van der Waals surface area (Å²) >= 11 is 5.83.